The van der Waals surface area contributed by atoms with Gasteiger partial charge in [0.15, 0.2) is 9.84 Å². The van der Waals surface area contributed by atoms with Gasteiger partial charge in [0.25, 0.3) is 0 Å². The molecule has 0 aromatic heterocycles. The van der Waals surface area contributed by atoms with Crippen molar-refractivity contribution in [2.45, 2.75) is 59.8 Å². The van der Waals surface area contributed by atoms with E-state index in [4.69, 9.17) is 11.6 Å². The van der Waals surface area contributed by atoms with E-state index in [0.29, 0.717) is 12.1 Å². The molecule has 4 rings (SSSR count). The Labute approximate surface area is 241 Å². The molecule has 0 spiro atoms. The van der Waals surface area contributed by atoms with Crippen molar-refractivity contribution < 1.29 is 53.8 Å². The molecule has 2 aromatic carbocycles. The predicted molar refractivity (Wildman–Crippen MR) is 136 cm³/mol. The van der Waals surface area contributed by atoms with Crippen molar-refractivity contribution in [2.75, 3.05) is 13.1 Å². The fourth-order valence-corrected chi connectivity index (χ4v) is 7.96. The molecule has 0 bridgehead atoms. The van der Waals surface area contributed by atoms with E-state index in [1.165, 1.54) is 29.2 Å². The minimum atomic E-state index is -6.35. The van der Waals surface area contributed by atoms with Crippen molar-refractivity contribution in [2.24, 2.45) is 11.8 Å². The summed E-state index contributed by atoms with van der Waals surface area (Å²) < 4.78 is 121. The Kier molecular flexibility index (Phi) is 8.39. The first-order valence-corrected chi connectivity index (χ1v) is 14.7. The third-order valence-corrected chi connectivity index (χ3v) is 10.9. The van der Waals surface area contributed by atoms with Crippen LogP contribution in [0.2, 0.25) is 5.02 Å². The maximum atomic E-state index is 14.7. The van der Waals surface area contributed by atoms with E-state index >= 15 is 0 Å². The molecule has 6 nitrogen and oxygen atoms in total. The molecule has 1 unspecified atom stereocenters. The fraction of sp³-hybridized carbons (Fsp3) is 0.481. The van der Waals surface area contributed by atoms with Gasteiger partial charge in [0.05, 0.1) is 10.8 Å². The standard InChI is InChI=1S/C27H25ClF7NO5S/c28-20-9-11-21(12-10-20)42(40,41)24(13-14-36(15-24)22(37)16-1-3-17(4-2-16)23(38)39)18-5-7-19(8-6-18)25(29,26(30,31)32)27(33,34)35/h5-12,16-17H,1-4,13-15H2,(H,38,39). The number of sulfone groups is 1. The smallest absolute Gasteiger partial charge is 0.435 e. The van der Waals surface area contributed by atoms with Gasteiger partial charge in [0.1, 0.15) is 4.75 Å². The van der Waals surface area contributed by atoms with E-state index in [0.717, 1.165) is 0 Å². The van der Waals surface area contributed by atoms with Crippen LogP contribution in [-0.2, 0) is 29.8 Å². The summed E-state index contributed by atoms with van der Waals surface area (Å²) in [4.78, 5) is 25.7. The van der Waals surface area contributed by atoms with Crippen LogP contribution in [0.3, 0.4) is 0 Å². The Morgan fingerprint density at radius 3 is 1.81 bits per heavy atom. The number of likely N-dealkylation sites (tertiary alicyclic amines) is 1. The Balaban J connectivity index is 1.74. The van der Waals surface area contributed by atoms with Gasteiger partial charge >= 0.3 is 24.0 Å². The number of hydrogen-bond acceptors (Lipinski definition) is 4. The van der Waals surface area contributed by atoms with Crippen molar-refractivity contribution in [1.82, 2.24) is 4.90 Å². The third-order valence-electron chi connectivity index (χ3n) is 8.20. The second-order valence-corrected chi connectivity index (χ2v) is 13.3. The van der Waals surface area contributed by atoms with Crippen LogP contribution in [0.25, 0.3) is 0 Å². The van der Waals surface area contributed by atoms with Crippen LogP contribution < -0.4 is 0 Å². The molecule has 2 aliphatic rings. The van der Waals surface area contributed by atoms with Gasteiger partial charge in [-0.2, -0.15) is 26.3 Å². The first-order chi connectivity index (χ1) is 19.3. The second-order valence-electron chi connectivity index (χ2n) is 10.6. The summed E-state index contributed by atoms with van der Waals surface area (Å²) in [5, 5.41) is 9.42. The molecule has 1 heterocycles. The molecule has 1 amide bonds. The molecule has 1 saturated carbocycles. The van der Waals surface area contributed by atoms with Crippen LogP contribution in [0.1, 0.15) is 43.2 Å². The maximum absolute atomic E-state index is 14.7. The Morgan fingerprint density at radius 1 is 0.833 bits per heavy atom. The van der Waals surface area contributed by atoms with Crippen LogP contribution in [0.5, 0.6) is 0 Å². The van der Waals surface area contributed by atoms with E-state index in [-0.39, 0.29) is 66.3 Å². The van der Waals surface area contributed by atoms with Crippen molar-refractivity contribution in [3.05, 3.63) is 64.7 Å². The van der Waals surface area contributed by atoms with Gasteiger partial charge in [-0.15, -0.1) is 0 Å². The average molecular weight is 644 g/mol. The molecule has 2 aromatic rings. The minimum absolute atomic E-state index is 0.107. The first-order valence-electron chi connectivity index (χ1n) is 12.8. The average Bonchev–Trinajstić information content (AvgIpc) is 3.39. The molecule has 1 aliphatic carbocycles. The van der Waals surface area contributed by atoms with Crippen LogP contribution in [0.15, 0.2) is 53.4 Å². The van der Waals surface area contributed by atoms with Gasteiger partial charge in [0, 0.05) is 29.6 Å². The number of carbonyl (C=O) groups excluding carboxylic acids is 1. The fourth-order valence-electron chi connectivity index (χ4n) is 5.76. The number of carboxylic acid groups (broad SMARTS) is 1. The van der Waals surface area contributed by atoms with Crippen LogP contribution in [0, 0.1) is 11.8 Å². The highest BCUT2D eigenvalue weighted by molar-refractivity contribution is 7.92. The van der Waals surface area contributed by atoms with Crippen LogP contribution in [-0.4, -0.2) is 55.7 Å². The van der Waals surface area contributed by atoms with Crippen LogP contribution in [0.4, 0.5) is 30.7 Å². The molecular formula is C27H25ClF7NO5S. The summed E-state index contributed by atoms with van der Waals surface area (Å²) in [6.45, 7) is -0.585. The number of alkyl halides is 7. The number of amides is 1. The lowest BCUT2D eigenvalue weighted by atomic mass is 9.81. The molecule has 1 atom stereocenters. The minimum Gasteiger partial charge on any atom is -0.481 e. The summed E-state index contributed by atoms with van der Waals surface area (Å²) in [6, 6.07) is 6.88. The van der Waals surface area contributed by atoms with Gasteiger partial charge in [-0.05, 0) is 61.9 Å². The number of rotatable bonds is 6. The maximum Gasteiger partial charge on any atom is 0.435 e. The highest BCUT2D eigenvalue weighted by atomic mass is 35.5. The number of carboxylic acids is 1. The Morgan fingerprint density at radius 2 is 1.33 bits per heavy atom. The molecule has 230 valence electrons. The quantitative estimate of drug-likeness (QED) is 0.367. The van der Waals surface area contributed by atoms with Crippen molar-refractivity contribution in [1.29, 1.82) is 0 Å². The summed E-state index contributed by atoms with van der Waals surface area (Å²) >= 11 is 5.88. The number of carbonyl (C=O) groups is 2. The Bertz CT molecular complexity index is 1420. The monoisotopic (exact) mass is 643 g/mol. The lowest BCUT2D eigenvalue weighted by Crippen LogP contribution is -2.50. The summed E-state index contributed by atoms with van der Waals surface area (Å²) in [5.74, 6) is -2.60. The number of hydrogen-bond donors (Lipinski definition) is 1. The van der Waals surface area contributed by atoms with E-state index < -0.39 is 68.4 Å². The normalized spacial score (nSPS) is 24.0. The molecule has 0 radical (unpaired) electrons. The summed E-state index contributed by atoms with van der Waals surface area (Å²) in [6.07, 6.45) is -12.0. The molecule has 15 heteroatoms. The van der Waals surface area contributed by atoms with Gasteiger partial charge in [-0.1, -0.05) is 35.9 Å². The van der Waals surface area contributed by atoms with E-state index in [1.54, 1.807) is 0 Å². The zero-order valence-corrected chi connectivity index (χ0v) is 23.3. The molecule has 1 aliphatic heterocycles. The topological polar surface area (TPSA) is 91.8 Å². The predicted octanol–water partition coefficient (Wildman–Crippen LogP) is 6.42. The van der Waals surface area contributed by atoms with E-state index in [2.05, 4.69) is 0 Å². The summed E-state index contributed by atoms with van der Waals surface area (Å²) in [7, 11) is -4.46. The highest BCUT2D eigenvalue weighted by Crippen LogP contribution is 2.54. The Hall–Kier alpha value is -2.87. The van der Waals surface area contributed by atoms with Crippen LogP contribution >= 0.6 is 11.6 Å². The number of nitrogens with zero attached hydrogens (tertiary/aromatic N) is 1. The van der Waals surface area contributed by atoms with Gasteiger partial charge in [-0.3, -0.25) is 9.59 Å². The SMILES string of the molecule is O=C(O)C1CCC(C(=O)N2CCC(c3ccc(C(F)(C(F)(F)F)C(F)(F)F)cc3)(S(=O)(=O)c3ccc(Cl)cc3)C2)CC1. The number of aliphatic carboxylic acids is 1. The number of halogens is 8. The molecule has 2 fully saturated rings. The lowest BCUT2D eigenvalue weighted by molar-refractivity contribution is -0.348. The van der Waals surface area contributed by atoms with Crippen molar-refractivity contribution >= 4 is 33.3 Å². The first kappa shape index (κ1) is 32.1. The molecule has 1 saturated heterocycles. The summed E-state index contributed by atoms with van der Waals surface area (Å²) in [5.41, 5.74) is -7.70. The van der Waals surface area contributed by atoms with Crippen molar-refractivity contribution in [3.8, 4) is 0 Å². The molecular weight excluding hydrogens is 619 g/mol. The third kappa shape index (κ3) is 5.36. The second kappa shape index (κ2) is 11.0. The van der Waals surface area contributed by atoms with E-state index in [1.807, 2.05) is 0 Å². The zero-order chi connectivity index (χ0) is 31.3. The van der Waals surface area contributed by atoms with Gasteiger partial charge < -0.3 is 10.0 Å². The zero-order valence-electron chi connectivity index (χ0n) is 21.7. The largest absolute Gasteiger partial charge is 0.481 e. The molecule has 42 heavy (non-hydrogen) atoms. The molecule has 1 N–H and O–H groups in total. The van der Waals surface area contributed by atoms with E-state index in [9.17, 15) is 53.8 Å². The lowest BCUT2D eigenvalue weighted by Gasteiger charge is -2.33. The highest BCUT2D eigenvalue weighted by Gasteiger charge is 2.73. The number of benzene rings is 2. The van der Waals surface area contributed by atoms with Crippen molar-refractivity contribution in [3.63, 3.8) is 0 Å². The van der Waals surface area contributed by atoms with Gasteiger partial charge in [0.2, 0.25) is 5.91 Å². The van der Waals surface area contributed by atoms with Gasteiger partial charge in [-0.25, -0.2) is 12.8 Å².